The molecule has 2 aliphatic heterocycles. The van der Waals surface area contributed by atoms with E-state index in [0.717, 1.165) is 40.3 Å². The van der Waals surface area contributed by atoms with Gasteiger partial charge in [-0.05, 0) is 31.5 Å². The average molecular weight is 529 g/mol. The van der Waals surface area contributed by atoms with Gasteiger partial charge < -0.3 is 14.8 Å². The molecule has 0 unspecified atom stereocenters. The Morgan fingerprint density at radius 2 is 1.61 bits per heavy atom. The Balaban J connectivity index is 1.57. The fourth-order valence-electron chi connectivity index (χ4n) is 5.21. The Morgan fingerprint density at radius 1 is 0.947 bits per heavy atom. The number of carbonyl (C=O) groups is 2. The predicted molar refractivity (Wildman–Crippen MR) is 148 cm³/mol. The number of aromatic nitrogens is 1. The summed E-state index contributed by atoms with van der Waals surface area (Å²) in [4.78, 5) is 34.5. The Kier molecular flexibility index (Phi) is 6.47. The lowest BCUT2D eigenvalue weighted by Gasteiger charge is -2.33. The highest BCUT2D eigenvalue weighted by atomic mass is 32.1. The SMILES string of the molecule is CC1(C)Cc2c(c(N3CCOCC3)[nH+]c3sc(C(=O)c4ccccc4)c(NC(=O)c4ccccc4)c23)CO1. The number of pyridine rings is 1. The van der Waals surface area contributed by atoms with Gasteiger partial charge in [-0.15, -0.1) is 0 Å². The highest BCUT2D eigenvalue weighted by Gasteiger charge is 2.37. The van der Waals surface area contributed by atoms with Crippen LogP contribution in [-0.2, 0) is 22.5 Å². The largest absolute Gasteiger partial charge is 0.373 e. The van der Waals surface area contributed by atoms with Gasteiger partial charge in [0.15, 0.2) is 4.83 Å². The second-order valence-electron chi connectivity index (χ2n) is 10.3. The molecular weight excluding hydrogens is 498 g/mol. The summed E-state index contributed by atoms with van der Waals surface area (Å²) in [5.41, 5.74) is 3.49. The number of amides is 1. The number of fused-ring (bicyclic) bond motifs is 3. The van der Waals surface area contributed by atoms with E-state index >= 15 is 0 Å². The summed E-state index contributed by atoms with van der Waals surface area (Å²) in [6.07, 6.45) is 0.661. The zero-order valence-corrected chi connectivity index (χ0v) is 22.3. The van der Waals surface area contributed by atoms with Crippen molar-refractivity contribution in [2.75, 3.05) is 36.5 Å². The van der Waals surface area contributed by atoms with Gasteiger partial charge in [0.25, 0.3) is 11.7 Å². The molecule has 1 amide bonds. The lowest BCUT2D eigenvalue weighted by molar-refractivity contribution is -0.329. The molecule has 0 saturated carbocycles. The average Bonchev–Trinajstić information content (AvgIpc) is 3.31. The third-order valence-corrected chi connectivity index (χ3v) is 8.25. The number of nitrogens with one attached hydrogen (secondary N) is 2. The quantitative estimate of drug-likeness (QED) is 0.373. The van der Waals surface area contributed by atoms with E-state index in [2.05, 4.69) is 29.0 Å². The summed E-state index contributed by atoms with van der Waals surface area (Å²) in [5.74, 6) is 0.647. The molecule has 2 aliphatic rings. The molecule has 0 spiro atoms. The van der Waals surface area contributed by atoms with Crippen LogP contribution in [0, 0.1) is 0 Å². The molecular formula is C30H30N3O4S+. The van der Waals surface area contributed by atoms with E-state index in [1.165, 1.54) is 11.3 Å². The van der Waals surface area contributed by atoms with E-state index in [9.17, 15) is 9.59 Å². The first kappa shape index (κ1) is 24.7. The summed E-state index contributed by atoms with van der Waals surface area (Å²) >= 11 is 1.40. The third-order valence-electron chi connectivity index (χ3n) is 7.15. The van der Waals surface area contributed by atoms with Crippen molar-refractivity contribution in [2.24, 2.45) is 0 Å². The highest BCUT2D eigenvalue weighted by molar-refractivity contribution is 7.21. The number of rotatable bonds is 5. The second kappa shape index (κ2) is 9.94. The van der Waals surface area contributed by atoms with E-state index in [-0.39, 0.29) is 17.3 Å². The van der Waals surface area contributed by atoms with Crippen LogP contribution in [0.25, 0.3) is 10.2 Å². The molecule has 6 rings (SSSR count). The Hall–Kier alpha value is -3.59. The van der Waals surface area contributed by atoms with Crippen molar-refractivity contribution in [3.05, 3.63) is 87.8 Å². The summed E-state index contributed by atoms with van der Waals surface area (Å²) in [6.45, 7) is 7.48. The number of ketones is 1. The molecule has 2 N–H and O–H groups in total. The second-order valence-corrected chi connectivity index (χ2v) is 11.3. The first-order valence-electron chi connectivity index (χ1n) is 12.9. The normalized spacial score (nSPS) is 16.7. The van der Waals surface area contributed by atoms with Crippen molar-refractivity contribution in [3.63, 3.8) is 0 Å². The maximum atomic E-state index is 13.8. The van der Waals surface area contributed by atoms with Crippen molar-refractivity contribution in [1.82, 2.24) is 0 Å². The highest BCUT2D eigenvalue weighted by Crippen LogP contribution is 2.44. The summed E-state index contributed by atoms with van der Waals surface area (Å²) in [7, 11) is 0. The van der Waals surface area contributed by atoms with Crippen LogP contribution in [0.4, 0.5) is 11.5 Å². The van der Waals surface area contributed by atoms with Gasteiger partial charge in [0.2, 0.25) is 5.78 Å². The molecule has 194 valence electrons. The minimum Gasteiger partial charge on any atom is -0.373 e. The van der Waals surface area contributed by atoms with Crippen molar-refractivity contribution in [2.45, 2.75) is 32.5 Å². The number of ether oxygens (including phenoxy) is 2. The molecule has 1 saturated heterocycles. The maximum absolute atomic E-state index is 13.8. The number of carbonyl (C=O) groups excluding carboxylic acids is 2. The smallest absolute Gasteiger partial charge is 0.281 e. The predicted octanol–water partition coefficient (Wildman–Crippen LogP) is 4.89. The number of hydrogen-bond donors (Lipinski definition) is 1. The molecule has 0 bridgehead atoms. The fourth-order valence-corrected chi connectivity index (χ4v) is 6.36. The number of anilines is 2. The van der Waals surface area contributed by atoms with Gasteiger partial charge in [0, 0.05) is 17.5 Å². The number of benzene rings is 2. The fraction of sp³-hybridized carbons (Fsp3) is 0.300. The summed E-state index contributed by atoms with van der Waals surface area (Å²) in [5, 5.41) is 4.02. The third kappa shape index (κ3) is 4.60. The van der Waals surface area contributed by atoms with Gasteiger partial charge in [-0.2, -0.15) is 0 Å². The number of nitrogens with zero attached hydrogens (tertiary/aromatic N) is 1. The van der Waals surface area contributed by atoms with Crippen LogP contribution in [0.3, 0.4) is 0 Å². The first-order chi connectivity index (χ1) is 18.4. The molecule has 2 aromatic carbocycles. The van der Waals surface area contributed by atoms with Crippen LogP contribution < -0.4 is 15.2 Å². The van der Waals surface area contributed by atoms with Crippen LogP contribution in [0.2, 0.25) is 0 Å². The molecule has 0 atom stereocenters. The maximum Gasteiger partial charge on any atom is 0.281 e. The summed E-state index contributed by atoms with van der Waals surface area (Å²) in [6, 6.07) is 18.3. The zero-order chi connectivity index (χ0) is 26.3. The van der Waals surface area contributed by atoms with Crippen molar-refractivity contribution in [3.8, 4) is 0 Å². The van der Waals surface area contributed by atoms with Crippen LogP contribution in [0.15, 0.2) is 60.7 Å². The van der Waals surface area contributed by atoms with Crippen LogP contribution >= 0.6 is 11.3 Å². The van der Waals surface area contributed by atoms with Crippen molar-refractivity contribution >= 4 is 44.7 Å². The minimum atomic E-state index is -0.379. The molecule has 38 heavy (non-hydrogen) atoms. The monoisotopic (exact) mass is 528 g/mol. The number of aromatic amines is 1. The van der Waals surface area contributed by atoms with Crippen LogP contribution in [0.1, 0.15) is 50.6 Å². The van der Waals surface area contributed by atoms with Gasteiger partial charge in [-0.1, -0.05) is 59.9 Å². The van der Waals surface area contributed by atoms with E-state index < -0.39 is 0 Å². The van der Waals surface area contributed by atoms with Gasteiger partial charge in [0.05, 0.1) is 42.1 Å². The van der Waals surface area contributed by atoms with Crippen molar-refractivity contribution < 1.29 is 24.0 Å². The van der Waals surface area contributed by atoms with E-state index in [0.29, 0.717) is 47.9 Å². The van der Waals surface area contributed by atoms with Crippen LogP contribution in [-0.4, -0.2) is 43.6 Å². The molecule has 4 aromatic rings. The molecule has 8 heteroatoms. The Morgan fingerprint density at radius 3 is 2.29 bits per heavy atom. The van der Waals surface area contributed by atoms with E-state index in [4.69, 9.17) is 9.47 Å². The topological polar surface area (TPSA) is 82.0 Å². The van der Waals surface area contributed by atoms with Gasteiger partial charge in [-0.25, -0.2) is 4.98 Å². The number of hydrogen-bond acceptors (Lipinski definition) is 6. The lowest BCUT2D eigenvalue weighted by Crippen LogP contribution is -2.42. The van der Waals surface area contributed by atoms with Gasteiger partial charge >= 0.3 is 0 Å². The Bertz CT molecular complexity index is 1510. The molecule has 0 radical (unpaired) electrons. The molecule has 1 fully saturated rings. The molecule has 4 heterocycles. The lowest BCUT2D eigenvalue weighted by atomic mass is 9.89. The zero-order valence-electron chi connectivity index (χ0n) is 21.5. The Labute approximate surface area is 225 Å². The number of thiophene rings is 1. The summed E-state index contributed by atoms with van der Waals surface area (Å²) < 4.78 is 11.9. The number of H-pyrrole nitrogens is 1. The first-order valence-corrected chi connectivity index (χ1v) is 13.7. The van der Waals surface area contributed by atoms with E-state index in [1.54, 1.807) is 12.1 Å². The molecule has 0 aliphatic carbocycles. The van der Waals surface area contributed by atoms with E-state index in [1.807, 2.05) is 48.5 Å². The van der Waals surface area contributed by atoms with Crippen molar-refractivity contribution in [1.29, 1.82) is 0 Å². The minimum absolute atomic E-state index is 0.114. The van der Waals surface area contributed by atoms with Gasteiger partial charge in [0.1, 0.15) is 18.0 Å². The molecule has 7 nitrogen and oxygen atoms in total. The number of morpholine rings is 1. The van der Waals surface area contributed by atoms with Crippen LogP contribution in [0.5, 0.6) is 0 Å². The standard InChI is InChI=1S/C30H29N3O4S/c1-30(2)17-21-22(18-37-30)27(33-13-15-36-16-14-33)32-29-23(21)24(31-28(35)20-11-7-4-8-12-20)26(38-29)25(34)19-9-5-3-6-10-19/h3-12H,13-18H2,1-2H3,(H,31,35)/p+1. The molecule has 2 aromatic heterocycles. The van der Waals surface area contributed by atoms with Gasteiger partial charge in [-0.3, -0.25) is 14.5 Å².